The number of hydrogen-bond acceptors (Lipinski definition) is 6. The first-order valence-corrected chi connectivity index (χ1v) is 9.33. The third kappa shape index (κ3) is 5.00. The Kier molecular flexibility index (Phi) is 6.14. The third-order valence-corrected chi connectivity index (χ3v) is 5.47. The second-order valence-electron chi connectivity index (χ2n) is 4.90. The molecule has 2 rings (SSSR count). The molecule has 0 aliphatic carbocycles. The first-order valence-electron chi connectivity index (χ1n) is 6.97. The highest BCUT2D eigenvalue weighted by molar-refractivity contribution is 7.99. The highest BCUT2D eigenvalue weighted by atomic mass is 32.2. The first kappa shape index (κ1) is 19.3. The number of carbonyl (C=O) groups excluding carboxylic acids is 1. The lowest BCUT2D eigenvalue weighted by Gasteiger charge is -2.11. The van der Waals surface area contributed by atoms with E-state index in [0.717, 1.165) is 0 Å². The standard InChI is InChI=1S/C14H15F2N3O4S2/c1-8-13(9(2)23-19-8)25(21,22)17-7-12(20)18-10-5-3-4-6-11(10)24-14(15)16/h3-6,14,17H,7H2,1-2H3,(H,18,20). The average Bonchev–Trinajstić information content (AvgIpc) is 2.86. The van der Waals surface area contributed by atoms with Gasteiger partial charge in [-0.15, -0.1) is 0 Å². The van der Waals surface area contributed by atoms with Crippen LogP contribution in [0.2, 0.25) is 0 Å². The summed E-state index contributed by atoms with van der Waals surface area (Å²) in [6, 6.07) is 6.01. The van der Waals surface area contributed by atoms with Gasteiger partial charge in [-0.05, 0) is 26.0 Å². The van der Waals surface area contributed by atoms with E-state index in [2.05, 4.69) is 15.2 Å². The summed E-state index contributed by atoms with van der Waals surface area (Å²) in [6.07, 6.45) is 0. The van der Waals surface area contributed by atoms with Crippen LogP contribution in [0.1, 0.15) is 11.5 Å². The van der Waals surface area contributed by atoms with Gasteiger partial charge in [-0.2, -0.15) is 8.78 Å². The molecule has 7 nitrogen and oxygen atoms in total. The van der Waals surface area contributed by atoms with E-state index in [4.69, 9.17) is 4.52 Å². The average molecular weight is 391 g/mol. The van der Waals surface area contributed by atoms with Crippen LogP contribution in [0, 0.1) is 13.8 Å². The van der Waals surface area contributed by atoms with Crippen LogP contribution >= 0.6 is 11.8 Å². The maximum Gasteiger partial charge on any atom is 0.288 e. The Hall–Kier alpha value is -1.98. The van der Waals surface area contributed by atoms with E-state index in [0.29, 0.717) is 0 Å². The van der Waals surface area contributed by atoms with E-state index in [1.807, 2.05) is 0 Å². The highest BCUT2D eigenvalue weighted by Crippen LogP contribution is 2.31. The molecule has 0 atom stereocenters. The van der Waals surface area contributed by atoms with Crippen LogP contribution in [0.4, 0.5) is 14.5 Å². The molecule has 0 unspecified atom stereocenters. The fraction of sp³-hybridized carbons (Fsp3) is 0.286. The summed E-state index contributed by atoms with van der Waals surface area (Å²) in [5.41, 5.74) is 0.346. The molecule has 25 heavy (non-hydrogen) atoms. The summed E-state index contributed by atoms with van der Waals surface area (Å²) in [5.74, 6) is -3.24. The first-order chi connectivity index (χ1) is 11.7. The Labute approximate surface area is 147 Å². The van der Waals surface area contributed by atoms with Crippen molar-refractivity contribution in [3.63, 3.8) is 0 Å². The van der Waals surface area contributed by atoms with Crippen molar-refractivity contribution < 1.29 is 26.5 Å². The second-order valence-corrected chi connectivity index (χ2v) is 7.64. The van der Waals surface area contributed by atoms with Crippen LogP contribution in [-0.4, -0.2) is 31.8 Å². The van der Waals surface area contributed by atoms with Gasteiger partial charge in [0.15, 0.2) is 5.76 Å². The number of hydrogen-bond donors (Lipinski definition) is 2. The summed E-state index contributed by atoms with van der Waals surface area (Å²) in [5, 5.41) is 5.95. The summed E-state index contributed by atoms with van der Waals surface area (Å²) in [4.78, 5) is 12.0. The number of alkyl halides is 2. The van der Waals surface area contributed by atoms with Gasteiger partial charge in [-0.25, -0.2) is 13.1 Å². The Balaban J connectivity index is 2.04. The van der Waals surface area contributed by atoms with Crippen molar-refractivity contribution in [1.82, 2.24) is 9.88 Å². The number of nitrogens with zero attached hydrogens (tertiary/aromatic N) is 1. The Morgan fingerprint density at radius 3 is 2.60 bits per heavy atom. The molecule has 2 aromatic rings. The molecular weight excluding hydrogens is 376 g/mol. The molecule has 1 aromatic carbocycles. The van der Waals surface area contributed by atoms with Gasteiger partial charge < -0.3 is 9.84 Å². The number of halogens is 2. The molecule has 1 heterocycles. The zero-order valence-electron chi connectivity index (χ0n) is 13.2. The minimum absolute atomic E-state index is 0.101. The molecule has 1 aromatic heterocycles. The van der Waals surface area contributed by atoms with E-state index >= 15 is 0 Å². The lowest BCUT2D eigenvalue weighted by atomic mass is 10.3. The zero-order valence-corrected chi connectivity index (χ0v) is 14.9. The van der Waals surface area contributed by atoms with Crippen molar-refractivity contribution in [2.45, 2.75) is 29.4 Å². The van der Waals surface area contributed by atoms with Gasteiger partial charge in [-0.3, -0.25) is 4.79 Å². The maximum atomic E-state index is 12.5. The minimum Gasteiger partial charge on any atom is -0.360 e. The number of aryl methyl sites for hydroxylation is 2. The Bertz CT molecular complexity index is 849. The van der Waals surface area contributed by atoms with E-state index in [-0.39, 0.29) is 38.7 Å². The molecule has 0 bridgehead atoms. The summed E-state index contributed by atoms with van der Waals surface area (Å²) in [6.45, 7) is 2.33. The van der Waals surface area contributed by atoms with E-state index in [1.54, 1.807) is 12.1 Å². The predicted molar refractivity (Wildman–Crippen MR) is 88.1 cm³/mol. The van der Waals surface area contributed by atoms with Crippen LogP contribution in [0.5, 0.6) is 0 Å². The number of benzene rings is 1. The van der Waals surface area contributed by atoms with Crippen LogP contribution in [-0.2, 0) is 14.8 Å². The maximum absolute atomic E-state index is 12.5. The topological polar surface area (TPSA) is 101 Å². The molecule has 0 radical (unpaired) electrons. The summed E-state index contributed by atoms with van der Waals surface area (Å²) < 4.78 is 56.4. The second kappa shape index (κ2) is 7.93. The van der Waals surface area contributed by atoms with E-state index in [1.165, 1.54) is 26.0 Å². The number of sulfonamides is 1. The molecule has 11 heteroatoms. The number of nitrogens with one attached hydrogen (secondary N) is 2. The number of rotatable bonds is 7. The van der Waals surface area contributed by atoms with Crippen molar-refractivity contribution in [3.8, 4) is 0 Å². The van der Waals surface area contributed by atoms with Crippen LogP contribution < -0.4 is 10.0 Å². The van der Waals surface area contributed by atoms with E-state index < -0.39 is 28.2 Å². The predicted octanol–water partition coefficient (Wildman–Crippen LogP) is 2.52. The fourth-order valence-electron chi connectivity index (χ4n) is 2.05. The van der Waals surface area contributed by atoms with Gasteiger partial charge in [-0.1, -0.05) is 29.1 Å². The van der Waals surface area contributed by atoms with Gasteiger partial charge in [0.25, 0.3) is 5.76 Å². The molecule has 0 fully saturated rings. The number of carbonyl (C=O) groups is 1. The quantitative estimate of drug-likeness (QED) is 0.704. The van der Waals surface area contributed by atoms with Crippen LogP contribution in [0.25, 0.3) is 0 Å². The van der Waals surface area contributed by atoms with Crippen molar-refractivity contribution in [2.24, 2.45) is 0 Å². The summed E-state index contributed by atoms with van der Waals surface area (Å²) >= 11 is 0.285. The number of anilines is 1. The van der Waals surface area contributed by atoms with Crippen molar-refractivity contribution in [1.29, 1.82) is 0 Å². The van der Waals surface area contributed by atoms with Gasteiger partial charge in [0.05, 0.1) is 12.2 Å². The Morgan fingerprint density at radius 2 is 2.00 bits per heavy atom. The monoisotopic (exact) mass is 391 g/mol. The lowest BCUT2D eigenvalue weighted by Crippen LogP contribution is -2.33. The number of thioether (sulfide) groups is 1. The molecule has 2 N–H and O–H groups in total. The molecule has 0 aliphatic rings. The number of para-hydroxylation sites is 1. The zero-order chi connectivity index (χ0) is 18.6. The van der Waals surface area contributed by atoms with Crippen molar-refractivity contribution in [2.75, 3.05) is 11.9 Å². The third-order valence-electron chi connectivity index (χ3n) is 3.04. The molecule has 1 amide bonds. The lowest BCUT2D eigenvalue weighted by molar-refractivity contribution is -0.115. The Morgan fingerprint density at radius 1 is 1.32 bits per heavy atom. The molecule has 0 aliphatic heterocycles. The van der Waals surface area contributed by atoms with Crippen LogP contribution in [0.3, 0.4) is 0 Å². The highest BCUT2D eigenvalue weighted by Gasteiger charge is 2.24. The molecule has 136 valence electrons. The van der Waals surface area contributed by atoms with Crippen molar-refractivity contribution in [3.05, 3.63) is 35.7 Å². The van der Waals surface area contributed by atoms with Gasteiger partial charge in [0.1, 0.15) is 10.6 Å². The van der Waals surface area contributed by atoms with Crippen molar-refractivity contribution >= 4 is 33.4 Å². The largest absolute Gasteiger partial charge is 0.360 e. The van der Waals surface area contributed by atoms with Gasteiger partial charge >= 0.3 is 0 Å². The van der Waals surface area contributed by atoms with Gasteiger partial charge in [0, 0.05) is 4.90 Å². The normalized spacial score (nSPS) is 11.7. The minimum atomic E-state index is -3.99. The van der Waals surface area contributed by atoms with E-state index in [9.17, 15) is 22.0 Å². The smallest absolute Gasteiger partial charge is 0.288 e. The van der Waals surface area contributed by atoms with Crippen LogP contribution in [0.15, 0.2) is 38.6 Å². The fourth-order valence-corrected chi connectivity index (χ4v) is 3.96. The number of aromatic nitrogens is 1. The molecule has 0 spiro atoms. The molecule has 0 saturated carbocycles. The molecular formula is C14H15F2N3O4S2. The van der Waals surface area contributed by atoms with Gasteiger partial charge in [0.2, 0.25) is 15.9 Å². The number of amides is 1. The SMILES string of the molecule is Cc1noc(C)c1S(=O)(=O)NCC(=O)Nc1ccccc1SC(F)F. The molecule has 0 saturated heterocycles. The summed E-state index contributed by atoms with van der Waals surface area (Å²) in [7, 11) is -3.99.